The molecule has 2 N–H and O–H groups in total. The van der Waals surface area contributed by atoms with Gasteiger partial charge in [-0.15, -0.1) is 0 Å². The van der Waals surface area contributed by atoms with E-state index < -0.39 is 7.75 Å². The Bertz CT molecular complexity index is 137. The highest BCUT2D eigenvalue weighted by atomic mass is 31.2. The number of rotatable bonds is 4. The second-order valence-corrected chi connectivity index (χ2v) is 3.78. The molecule has 0 fully saturated rings. The SMILES string of the molecule is CCOP(=O)(O)NC(C)C. The molecule has 0 saturated heterocycles. The zero-order chi connectivity index (χ0) is 8.20. The lowest BCUT2D eigenvalue weighted by Crippen LogP contribution is -2.20. The Hall–Kier alpha value is 0.110. The van der Waals surface area contributed by atoms with E-state index in [1.165, 1.54) is 0 Å². The highest BCUT2D eigenvalue weighted by Crippen LogP contribution is 2.36. The average Bonchev–Trinajstić information content (AvgIpc) is 1.59. The van der Waals surface area contributed by atoms with Crippen molar-refractivity contribution in [3.8, 4) is 0 Å². The van der Waals surface area contributed by atoms with Crippen LogP contribution in [0.25, 0.3) is 0 Å². The summed E-state index contributed by atoms with van der Waals surface area (Å²) in [5.41, 5.74) is 0. The Balaban J connectivity index is 3.75. The highest BCUT2D eigenvalue weighted by Gasteiger charge is 2.18. The van der Waals surface area contributed by atoms with Gasteiger partial charge in [0.25, 0.3) is 0 Å². The summed E-state index contributed by atoms with van der Waals surface area (Å²) in [6.07, 6.45) is 0. The summed E-state index contributed by atoms with van der Waals surface area (Å²) >= 11 is 0. The highest BCUT2D eigenvalue weighted by molar-refractivity contribution is 7.50. The Morgan fingerprint density at radius 2 is 2.20 bits per heavy atom. The fourth-order valence-corrected chi connectivity index (χ4v) is 1.62. The Morgan fingerprint density at radius 3 is 2.50 bits per heavy atom. The van der Waals surface area contributed by atoms with Crippen LogP contribution in [-0.2, 0) is 9.09 Å². The smallest absolute Gasteiger partial charge is 0.312 e. The largest absolute Gasteiger partial charge is 0.403 e. The molecule has 10 heavy (non-hydrogen) atoms. The number of hydrogen-bond acceptors (Lipinski definition) is 2. The molecule has 0 heterocycles. The number of hydrogen-bond donors (Lipinski definition) is 2. The van der Waals surface area contributed by atoms with Gasteiger partial charge in [0.2, 0.25) is 0 Å². The van der Waals surface area contributed by atoms with E-state index in [1.807, 2.05) is 0 Å². The van der Waals surface area contributed by atoms with Gasteiger partial charge in [-0.1, -0.05) is 0 Å². The molecule has 1 atom stereocenters. The van der Waals surface area contributed by atoms with E-state index >= 15 is 0 Å². The predicted molar refractivity (Wildman–Crippen MR) is 39.7 cm³/mol. The first-order valence-electron chi connectivity index (χ1n) is 3.23. The van der Waals surface area contributed by atoms with Crippen LogP contribution in [0.15, 0.2) is 0 Å². The minimum atomic E-state index is -3.50. The maximum atomic E-state index is 10.8. The van der Waals surface area contributed by atoms with Gasteiger partial charge >= 0.3 is 7.75 Å². The molecule has 4 nitrogen and oxygen atoms in total. The average molecular weight is 167 g/mol. The monoisotopic (exact) mass is 167 g/mol. The van der Waals surface area contributed by atoms with Gasteiger partial charge in [0.05, 0.1) is 6.61 Å². The van der Waals surface area contributed by atoms with Crippen molar-refractivity contribution in [3.05, 3.63) is 0 Å². The van der Waals surface area contributed by atoms with E-state index in [2.05, 4.69) is 9.61 Å². The summed E-state index contributed by atoms with van der Waals surface area (Å²) in [7, 11) is -3.50. The fraction of sp³-hybridized carbons (Fsp3) is 1.00. The maximum Gasteiger partial charge on any atom is 0.403 e. The van der Waals surface area contributed by atoms with Crippen molar-refractivity contribution in [1.29, 1.82) is 0 Å². The third-order valence-electron chi connectivity index (χ3n) is 0.725. The van der Waals surface area contributed by atoms with Crippen LogP contribution in [0, 0.1) is 0 Å². The van der Waals surface area contributed by atoms with Crippen molar-refractivity contribution in [2.45, 2.75) is 26.8 Å². The third-order valence-corrected chi connectivity index (χ3v) is 2.18. The second kappa shape index (κ2) is 4.09. The number of nitrogens with one attached hydrogen (secondary N) is 1. The molecule has 0 saturated carbocycles. The molecule has 0 rings (SSSR count). The minimum absolute atomic E-state index is 0.0395. The summed E-state index contributed by atoms with van der Waals surface area (Å²) in [5, 5.41) is 2.41. The van der Waals surface area contributed by atoms with Crippen LogP contribution in [0.5, 0.6) is 0 Å². The Kier molecular flexibility index (Phi) is 4.13. The maximum absolute atomic E-state index is 10.8. The second-order valence-electron chi connectivity index (χ2n) is 2.22. The lowest BCUT2D eigenvalue weighted by atomic mass is 10.4. The van der Waals surface area contributed by atoms with Crippen molar-refractivity contribution in [2.24, 2.45) is 0 Å². The molecule has 1 unspecified atom stereocenters. The molecule has 0 aliphatic rings. The van der Waals surface area contributed by atoms with Crippen molar-refractivity contribution >= 4 is 7.75 Å². The summed E-state index contributed by atoms with van der Waals surface area (Å²) in [5.74, 6) is 0. The third kappa shape index (κ3) is 4.94. The molecule has 0 radical (unpaired) electrons. The molecule has 0 amide bonds. The quantitative estimate of drug-likeness (QED) is 0.616. The molecule has 0 aromatic rings. The van der Waals surface area contributed by atoms with Gasteiger partial charge in [-0.3, -0.25) is 4.52 Å². The molecule has 0 bridgehead atoms. The van der Waals surface area contributed by atoms with Crippen LogP contribution in [-0.4, -0.2) is 17.5 Å². The van der Waals surface area contributed by atoms with E-state index in [0.717, 1.165) is 0 Å². The summed E-state index contributed by atoms with van der Waals surface area (Å²) in [4.78, 5) is 8.91. The lowest BCUT2D eigenvalue weighted by Gasteiger charge is -2.13. The van der Waals surface area contributed by atoms with Crippen molar-refractivity contribution in [1.82, 2.24) is 5.09 Å². The van der Waals surface area contributed by atoms with Gasteiger partial charge in [0, 0.05) is 6.04 Å². The summed E-state index contributed by atoms with van der Waals surface area (Å²) in [6.45, 7) is 5.47. The first-order chi connectivity index (χ1) is 4.48. The molecule has 0 aliphatic carbocycles. The predicted octanol–water partition coefficient (Wildman–Crippen LogP) is 1.12. The van der Waals surface area contributed by atoms with E-state index in [9.17, 15) is 4.57 Å². The van der Waals surface area contributed by atoms with Crippen molar-refractivity contribution in [3.63, 3.8) is 0 Å². The first-order valence-corrected chi connectivity index (χ1v) is 4.81. The standard InChI is InChI=1S/C5H14NO3P/c1-4-9-10(7,8)6-5(2)3/h5H,4H2,1-3H3,(H2,6,7,8). The molecule has 5 heteroatoms. The van der Waals surface area contributed by atoms with E-state index in [0.29, 0.717) is 0 Å². The zero-order valence-corrected chi connectivity index (χ0v) is 7.39. The molecule has 0 aromatic carbocycles. The van der Waals surface area contributed by atoms with Gasteiger partial charge in [-0.05, 0) is 20.8 Å². The van der Waals surface area contributed by atoms with Crippen LogP contribution in [0.2, 0.25) is 0 Å². The van der Waals surface area contributed by atoms with Gasteiger partial charge < -0.3 is 4.89 Å². The van der Waals surface area contributed by atoms with Crippen molar-refractivity contribution < 1.29 is 14.0 Å². The van der Waals surface area contributed by atoms with Crippen LogP contribution >= 0.6 is 7.75 Å². The van der Waals surface area contributed by atoms with E-state index in [4.69, 9.17) is 4.89 Å². The Morgan fingerprint density at radius 1 is 1.70 bits per heavy atom. The first kappa shape index (κ1) is 10.1. The van der Waals surface area contributed by atoms with Crippen LogP contribution < -0.4 is 5.09 Å². The fourth-order valence-electron chi connectivity index (χ4n) is 0.539. The zero-order valence-electron chi connectivity index (χ0n) is 6.50. The van der Waals surface area contributed by atoms with Crippen LogP contribution in [0.1, 0.15) is 20.8 Å². The minimum Gasteiger partial charge on any atom is -0.312 e. The molecular formula is C5H14NO3P. The molecule has 62 valence electrons. The van der Waals surface area contributed by atoms with E-state index in [-0.39, 0.29) is 12.6 Å². The van der Waals surface area contributed by atoms with Crippen molar-refractivity contribution in [2.75, 3.05) is 6.61 Å². The normalized spacial score (nSPS) is 17.3. The summed E-state index contributed by atoms with van der Waals surface area (Å²) in [6, 6.07) is -0.0395. The van der Waals surface area contributed by atoms with Gasteiger partial charge in [0.1, 0.15) is 0 Å². The van der Waals surface area contributed by atoms with Gasteiger partial charge in [-0.25, -0.2) is 9.65 Å². The van der Waals surface area contributed by atoms with E-state index in [1.54, 1.807) is 20.8 Å². The molecule has 0 spiro atoms. The van der Waals surface area contributed by atoms with Gasteiger partial charge in [-0.2, -0.15) is 0 Å². The lowest BCUT2D eigenvalue weighted by molar-refractivity contribution is 0.260. The topological polar surface area (TPSA) is 58.6 Å². The molecule has 0 aromatic heterocycles. The summed E-state index contributed by atoms with van der Waals surface area (Å²) < 4.78 is 15.4. The molecular weight excluding hydrogens is 153 g/mol. The van der Waals surface area contributed by atoms with Crippen LogP contribution in [0.4, 0.5) is 0 Å². The Labute approximate surface area is 61.2 Å². The van der Waals surface area contributed by atoms with Crippen LogP contribution in [0.3, 0.4) is 0 Å². The van der Waals surface area contributed by atoms with Gasteiger partial charge in [0.15, 0.2) is 0 Å². The molecule has 0 aliphatic heterocycles.